The molecule has 0 aliphatic heterocycles. The average Bonchev–Trinajstić information content (AvgIpc) is 3.61. The number of carbonyl (C=O) groups excluding carboxylic acids is 1. The zero-order valence-corrected chi connectivity index (χ0v) is 20.7. The number of aromatic nitrogens is 2. The summed E-state index contributed by atoms with van der Waals surface area (Å²) in [7, 11) is 3.80. The lowest BCUT2D eigenvalue weighted by atomic mass is 9.91. The lowest BCUT2D eigenvalue weighted by Crippen LogP contribution is -2.41. The summed E-state index contributed by atoms with van der Waals surface area (Å²) in [5.74, 6) is -0.274. The van der Waals surface area contributed by atoms with Crippen molar-refractivity contribution in [3.8, 4) is 0 Å². The number of hydrogen-bond acceptors (Lipinski definition) is 5. The first-order valence-corrected chi connectivity index (χ1v) is 12.1. The van der Waals surface area contributed by atoms with Gasteiger partial charge in [-0.25, -0.2) is 4.98 Å². The van der Waals surface area contributed by atoms with Gasteiger partial charge < -0.3 is 15.5 Å². The third-order valence-electron chi connectivity index (χ3n) is 6.94. The molecule has 37 heavy (non-hydrogen) atoms. The first kappa shape index (κ1) is 27.0. The third-order valence-corrected chi connectivity index (χ3v) is 6.94. The first-order valence-electron chi connectivity index (χ1n) is 12.1. The Morgan fingerprint density at radius 2 is 1.51 bits per heavy atom. The van der Waals surface area contributed by atoms with Gasteiger partial charge in [-0.15, -0.1) is 0 Å². The van der Waals surface area contributed by atoms with Gasteiger partial charge in [-0.05, 0) is 68.7 Å². The monoisotopic (exact) mass is 529 g/mol. The number of carbonyl (C=O) groups is 1. The van der Waals surface area contributed by atoms with Crippen LogP contribution in [0.4, 0.5) is 38.1 Å². The van der Waals surface area contributed by atoms with Gasteiger partial charge in [-0.3, -0.25) is 4.79 Å². The van der Waals surface area contributed by atoms with Crippen LogP contribution in [0.15, 0.2) is 24.4 Å². The van der Waals surface area contributed by atoms with Gasteiger partial charge in [0.05, 0.1) is 11.1 Å². The van der Waals surface area contributed by atoms with Gasteiger partial charge in [-0.2, -0.15) is 31.3 Å². The molecular weight excluding hydrogens is 500 g/mol. The summed E-state index contributed by atoms with van der Waals surface area (Å²) >= 11 is 0. The molecule has 6 nitrogen and oxygen atoms in total. The molecule has 2 aromatic rings. The van der Waals surface area contributed by atoms with Crippen molar-refractivity contribution >= 4 is 17.7 Å². The van der Waals surface area contributed by atoms with E-state index in [1.54, 1.807) is 6.20 Å². The van der Waals surface area contributed by atoms with Crippen molar-refractivity contribution in [1.29, 1.82) is 0 Å². The molecular formula is C25H29F6N5O. The lowest BCUT2D eigenvalue weighted by Gasteiger charge is -2.30. The number of amides is 1. The molecule has 1 aromatic heterocycles. The van der Waals surface area contributed by atoms with Crippen LogP contribution >= 0.6 is 0 Å². The maximum Gasteiger partial charge on any atom is 0.416 e. The number of nitrogens with zero attached hydrogens (tertiary/aromatic N) is 3. The molecule has 2 atom stereocenters. The molecule has 0 saturated heterocycles. The highest BCUT2D eigenvalue weighted by Gasteiger charge is 2.46. The largest absolute Gasteiger partial charge is 0.416 e. The number of alkyl halides is 6. The van der Waals surface area contributed by atoms with E-state index in [0.29, 0.717) is 18.8 Å². The number of benzene rings is 1. The SMILES string of the molecule is Cc1cnc(NC2CCC(NC(=O)[C@@H]3C[C@H]3c3cc(C(F)(F)F)cc(C(F)(F)F)c3)CC2)nc1N(C)C. The van der Waals surface area contributed by atoms with Gasteiger partial charge in [0, 0.05) is 43.9 Å². The molecule has 1 aromatic carbocycles. The Kier molecular flexibility index (Phi) is 7.31. The van der Waals surface area contributed by atoms with E-state index in [-0.39, 0.29) is 36.0 Å². The van der Waals surface area contributed by atoms with Gasteiger partial charge in [0.25, 0.3) is 0 Å². The topological polar surface area (TPSA) is 70.1 Å². The minimum absolute atomic E-state index is 0.102. The molecule has 0 radical (unpaired) electrons. The Morgan fingerprint density at radius 3 is 2.05 bits per heavy atom. The molecule has 4 rings (SSSR count). The van der Waals surface area contributed by atoms with Gasteiger partial charge >= 0.3 is 12.4 Å². The van der Waals surface area contributed by atoms with Crippen LogP contribution in [0.1, 0.15) is 60.3 Å². The predicted octanol–water partition coefficient (Wildman–Crippen LogP) is 5.53. The zero-order valence-electron chi connectivity index (χ0n) is 20.7. The second kappa shape index (κ2) is 10.0. The van der Waals surface area contributed by atoms with Crippen molar-refractivity contribution < 1.29 is 31.1 Å². The van der Waals surface area contributed by atoms with Gasteiger partial charge in [0.1, 0.15) is 5.82 Å². The minimum Gasteiger partial charge on any atom is -0.362 e. The van der Waals surface area contributed by atoms with E-state index in [4.69, 9.17) is 0 Å². The number of hydrogen-bond donors (Lipinski definition) is 2. The van der Waals surface area contributed by atoms with Gasteiger partial charge in [-0.1, -0.05) is 0 Å². The maximum absolute atomic E-state index is 13.2. The van der Waals surface area contributed by atoms with Crippen LogP contribution < -0.4 is 15.5 Å². The Balaban J connectivity index is 1.32. The molecule has 2 aliphatic rings. The Labute approximate surface area is 210 Å². The maximum atomic E-state index is 13.2. The Hall–Kier alpha value is -3.05. The van der Waals surface area contributed by atoms with Crippen molar-refractivity contribution in [2.24, 2.45) is 5.92 Å². The number of rotatable bonds is 6. The van der Waals surface area contributed by atoms with Crippen LogP contribution in [0.25, 0.3) is 0 Å². The third kappa shape index (κ3) is 6.45. The van der Waals surface area contributed by atoms with Crippen molar-refractivity contribution in [3.63, 3.8) is 0 Å². The molecule has 2 fully saturated rings. The van der Waals surface area contributed by atoms with Crippen LogP contribution in [0.5, 0.6) is 0 Å². The quantitative estimate of drug-likeness (QED) is 0.482. The summed E-state index contributed by atoms with van der Waals surface area (Å²) < 4.78 is 79.0. The second-order valence-electron chi connectivity index (χ2n) is 10.1. The molecule has 0 unspecified atom stereocenters. The molecule has 0 bridgehead atoms. The normalized spacial score (nSPS) is 23.9. The lowest BCUT2D eigenvalue weighted by molar-refractivity contribution is -0.143. The van der Waals surface area contributed by atoms with E-state index >= 15 is 0 Å². The minimum atomic E-state index is -4.91. The van der Waals surface area contributed by atoms with Crippen LogP contribution in [-0.4, -0.2) is 42.1 Å². The zero-order chi connectivity index (χ0) is 27.1. The molecule has 202 valence electrons. The molecule has 0 spiro atoms. The van der Waals surface area contributed by atoms with Crippen LogP contribution in [0.2, 0.25) is 0 Å². The van der Waals surface area contributed by atoms with Gasteiger partial charge in [0.15, 0.2) is 0 Å². The van der Waals surface area contributed by atoms with E-state index < -0.39 is 35.3 Å². The van der Waals surface area contributed by atoms with Crippen molar-refractivity contribution in [1.82, 2.24) is 15.3 Å². The van der Waals surface area contributed by atoms with Crippen LogP contribution in [0.3, 0.4) is 0 Å². The smallest absolute Gasteiger partial charge is 0.362 e. The molecule has 2 saturated carbocycles. The molecule has 1 amide bonds. The highest BCUT2D eigenvalue weighted by atomic mass is 19.4. The van der Waals surface area contributed by atoms with E-state index in [2.05, 4.69) is 20.6 Å². The van der Waals surface area contributed by atoms with Crippen molar-refractivity contribution in [2.75, 3.05) is 24.3 Å². The summed E-state index contributed by atoms with van der Waals surface area (Å²) in [4.78, 5) is 23.5. The van der Waals surface area contributed by atoms with E-state index in [9.17, 15) is 31.1 Å². The standard InChI is InChI=1S/C25H29F6N5O/c1-13-12-32-23(35-21(13)36(2)3)34-18-6-4-17(5-7-18)33-22(37)20-11-19(20)14-8-15(24(26,27)28)10-16(9-14)25(29,30)31/h8-10,12,17-20H,4-7,11H2,1-3H3,(H,33,37)(H,32,34,35)/t17?,18?,19-,20+/m0/s1. The molecule has 1 heterocycles. The number of aryl methyl sites for hydroxylation is 1. The highest BCUT2D eigenvalue weighted by molar-refractivity contribution is 5.83. The average molecular weight is 530 g/mol. The highest BCUT2D eigenvalue weighted by Crippen LogP contribution is 2.50. The fourth-order valence-electron chi connectivity index (χ4n) is 4.87. The van der Waals surface area contributed by atoms with Crippen molar-refractivity contribution in [3.05, 3.63) is 46.6 Å². The van der Waals surface area contributed by atoms with Crippen LogP contribution in [0, 0.1) is 12.8 Å². The second-order valence-corrected chi connectivity index (χ2v) is 10.1. The molecule has 12 heteroatoms. The van der Waals surface area contributed by atoms with Crippen molar-refractivity contribution in [2.45, 2.75) is 69.4 Å². The van der Waals surface area contributed by atoms with Crippen LogP contribution in [-0.2, 0) is 17.1 Å². The fourth-order valence-corrected chi connectivity index (χ4v) is 4.87. The van der Waals surface area contributed by atoms with E-state index in [1.165, 1.54) is 0 Å². The predicted molar refractivity (Wildman–Crippen MR) is 126 cm³/mol. The number of halogens is 6. The van der Waals surface area contributed by atoms with E-state index in [1.807, 2.05) is 25.9 Å². The summed E-state index contributed by atoms with van der Waals surface area (Å²) in [6, 6.07) is 1.58. The molecule has 2 aliphatic carbocycles. The fraction of sp³-hybridized carbons (Fsp3) is 0.560. The summed E-state index contributed by atoms with van der Waals surface area (Å²) in [6.07, 6.45) is -4.94. The number of anilines is 2. The first-order chi connectivity index (χ1) is 17.2. The Morgan fingerprint density at radius 1 is 0.946 bits per heavy atom. The summed E-state index contributed by atoms with van der Waals surface area (Å²) in [5.41, 5.74) is -1.86. The van der Waals surface area contributed by atoms with E-state index in [0.717, 1.165) is 36.4 Å². The van der Waals surface area contributed by atoms with Gasteiger partial charge in [0.2, 0.25) is 11.9 Å². The Bertz CT molecular complexity index is 1110. The summed E-state index contributed by atoms with van der Waals surface area (Å²) in [6.45, 7) is 1.93. The number of nitrogens with one attached hydrogen (secondary N) is 2. The summed E-state index contributed by atoms with van der Waals surface area (Å²) in [5, 5.41) is 6.27. The molecule has 2 N–H and O–H groups in total.